The molecule has 0 bridgehead atoms. The largest absolute Gasteiger partial charge is 0.293 e. The molecule has 0 spiro atoms. The Morgan fingerprint density at radius 3 is 2.83 bits per heavy atom. The molecule has 1 rings (SSSR count). The molecule has 0 unspecified atom stereocenters. The molecule has 0 saturated heterocycles. The van der Waals surface area contributed by atoms with Crippen LogP contribution in [0.1, 0.15) is 10.4 Å². The highest BCUT2D eigenvalue weighted by Gasteiger charge is 2.09. The van der Waals surface area contributed by atoms with Crippen LogP contribution in [0, 0.1) is 0 Å². The number of carbonyl (C=O) groups is 1. The summed E-state index contributed by atoms with van der Waals surface area (Å²) in [5.41, 5.74) is 0.348. The Morgan fingerprint density at radius 1 is 1.58 bits per heavy atom. The highest BCUT2D eigenvalue weighted by molar-refractivity contribution is 9.09. The van der Waals surface area contributed by atoms with Crippen molar-refractivity contribution in [2.75, 3.05) is 5.33 Å². The highest BCUT2D eigenvalue weighted by Crippen LogP contribution is 2.18. The van der Waals surface area contributed by atoms with E-state index in [-0.39, 0.29) is 16.3 Å². The third kappa shape index (κ3) is 2.19. The summed E-state index contributed by atoms with van der Waals surface area (Å²) in [6, 6.07) is 1.50. The first-order chi connectivity index (χ1) is 5.65. The maximum Gasteiger partial charge on any atom is 0.176 e. The topological polar surface area (TPSA) is 30.0 Å². The van der Waals surface area contributed by atoms with Crippen molar-refractivity contribution in [1.82, 2.24) is 4.98 Å². The zero-order chi connectivity index (χ0) is 9.14. The van der Waals surface area contributed by atoms with Crippen molar-refractivity contribution in [3.63, 3.8) is 0 Å². The molecule has 2 nitrogen and oxygen atoms in total. The van der Waals surface area contributed by atoms with Crippen LogP contribution in [0.5, 0.6) is 0 Å². The minimum absolute atomic E-state index is 0.130. The van der Waals surface area contributed by atoms with Crippen LogP contribution in [0.25, 0.3) is 0 Å². The fourth-order valence-corrected chi connectivity index (χ4v) is 1.36. The Kier molecular flexibility index (Phi) is 3.50. The van der Waals surface area contributed by atoms with E-state index in [0.29, 0.717) is 10.6 Å². The van der Waals surface area contributed by atoms with Gasteiger partial charge in [0.1, 0.15) is 5.15 Å². The first kappa shape index (κ1) is 9.96. The molecule has 1 heterocycles. The van der Waals surface area contributed by atoms with Crippen LogP contribution in [0.15, 0.2) is 12.3 Å². The van der Waals surface area contributed by atoms with Gasteiger partial charge in [-0.05, 0) is 6.07 Å². The summed E-state index contributed by atoms with van der Waals surface area (Å²) in [7, 11) is 0. The van der Waals surface area contributed by atoms with Crippen molar-refractivity contribution >= 4 is 44.9 Å². The zero-order valence-corrected chi connectivity index (χ0v) is 8.95. The lowest BCUT2D eigenvalue weighted by atomic mass is 10.2. The van der Waals surface area contributed by atoms with Crippen LogP contribution < -0.4 is 0 Å². The number of nitrogens with zero attached hydrogens (tertiary/aromatic N) is 1. The average molecular weight is 269 g/mol. The van der Waals surface area contributed by atoms with Crippen molar-refractivity contribution in [2.24, 2.45) is 0 Å². The van der Waals surface area contributed by atoms with Crippen molar-refractivity contribution < 1.29 is 4.79 Å². The fraction of sp³-hybridized carbons (Fsp3) is 0.143. The molecule has 5 heteroatoms. The molecule has 1 aromatic heterocycles. The van der Waals surface area contributed by atoms with E-state index in [0.717, 1.165) is 0 Å². The molecule has 12 heavy (non-hydrogen) atoms. The molecular weight excluding hydrogens is 265 g/mol. The Morgan fingerprint density at radius 2 is 2.25 bits per heavy atom. The van der Waals surface area contributed by atoms with Gasteiger partial charge in [0.2, 0.25) is 0 Å². The summed E-state index contributed by atoms with van der Waals surface area (Å²) >= 11 is 14.3. The van der Waals surface area contributed by atoms with Gasteiger partial charge in [-0.25, -0.2) is 4.98 Å². The number of ketones is 1. The Balaban J connectivity index is 3.13. The van der Waals surface area contributed by atoms with E-state index in [2.05, 4.69) is 20.9 Å². The zero-order valence-electron chi connectivity index (χ0n) is 5.85. The minimum Gasteiger partial charge on any atom is -0.293 e. The Hall–Kier alpha value is -0.120. The number of aromatic nitrogens is 1. The molecule has 0 atom stereocenters. The number of halogens is 3. The van der Waals surface area contributed by atoms with E-state index >= 15 is 0 Å². The number of alkyl halides is 1. The molecule has 0 aromatic carbocycles. The van der Waals surface area contributed by atoms with Crippen molar-refractivity contribution in [2.45, 2.75) is 0 Å². The van der Waals surface area contributed by atoms with Crippen molar-refractivity contribution in [1.29, 1.82) is 0 Å². The van der Waals surface area contributed by atoms with E-state index in [4.69, 9.17) is 23.2 Å². The van der Waals surface area contributed by atoms with Gasteiger partial charge in [-0.15, -0.1) is 0 Å². The summed E-state index contributed by atoms with van der Waals surface area (Å²) < 4.78 is 0. The third-order valence-electron chi connectivity index (χ3n) is 1.23. The quantitative estimate of drug-likeness (QED) is 0.469. The summed E-state index contributed by atoms with van der Waals surface area (Å²) in [5.74, 6) is -0.130. The van der Waals surface area contributed by atoms with Gasteiger partial charge in [0.15, 0.2) is 5.78 Å². The van der Waals surface area contributed by atoms with Gasteiger partial charge in [-0.2, -0.15) is 0 Å². The van der Waals surface area contributed by atoms with Gasteiger partial charge in [0.25, 0.3) is 0 Å². The fourth-order valence-electron chi connectivity index (χ4n) is 0.690. The summed E-state index contributed by atoms with van der Waals surface area (Å²) in [4.78, 5) is 14.9. The van der Waals surface area contributed by atoms with Gasteiger partial charge in [0, 0.05) is 6.20 Å². The predicted octanol–water partition coefficient (Wildman–Crippen LogP) is 2.97. The smallest absolute Gasteiger partial charge is 0.176 e. The number of hydrogen-bond donors (Lipinski definition) is 0. The van der Waals surface area contributed by atoms with E-state index in [9.17, 15) is 4.79 Å². The van der Waals surface area contributed by atoms with Gasteiger partial charge in [-0.3, -0.25) is 4.79 Å². The van der Waals surface area contributed by atoms with Crippen LogP contribution >= 0.6 is 39.1 Å². The number of hydrogen-bond acceptors (Lipinski definition) is 2. The second-order valence-corrected chi connectivity index (χ2v) is 3.40. The van der Waals surface area contributed by atoms with E-state index in [1.54, 1.807) is 0 Å². The first-order valence-corrected chi connectivity index (χ1v) is 4.93. The lowest BCUT2D eigenvalue weighted by Crippen LogP contribution is -2.01. The van der Waals surface area contributed by atoms with Gasteiger partial charge >= 0.3 is 0 Å². The van der Waals surface area contributed by atoms with Crippen molar-refractivity contribution in [3.8, 4) is 0 Å². The van der Waals surface area contributed by atoms with Gasteiger partial charge < -0.3 is 0 Å². The second-order valence-electron chi connectivity index (χ2n) is 2.05. The Labute approximate surface area is 88.0 Å². The lowest BCUT2D eigenvalue weighted by Gasteiger charge is -1.99. The molecule has 0 fully saturated rings. The number of pyridine rings is 1. The number of rotatable bonds is 2. The van der Waals surface area contributed by atoms with Gasteiger partial charge in [0.05, 0.1) is 15.9 Å². The SMILES string of the molecule is O=C(CBr)c1cc(Cl)cnc1Cl. The van der Waals surface area contributed by atoms with Crippen LogP contribution in [0.4, 0.5) is 0 Å². The molecule has 0 aliphatic carbocycles. The van der Waals surface area contributed by atoms with Crippen LogP contribution in [-0.2, 0) is 0 Å². The number of Topliss-reactive ketones (excluding diaryl/α,β-unsaturated/α-hetero) is 1. The van der Waals surface area contributed by atoms with E-state index in [1.807, 2.05) is 0 Å². The first-order valence-electron chi connectivity index (χ1n) is 3.05. The summed E-state index contributed by atoms with van der Waals surface area (Å²) in [5, 5.41) is 0.807. The maximum atomic E-state index is 11.2. The molecule has 0 radical (unpaired) electrons. The molecule has 64 valence electrons. The predicted molar refractivity (Wildman–Crippen MR) is 52.4 cm³/mol. The molecule has 0 aliphatic heterocycles. The molecule has 0 aliphatic rings. The van der Waals surface area contributed by atoms with E-state index in [1.165, 1.54) is 12.3 Å². The highest BCUT2D eigenvalue weighted by atomic mass is 79.9. The lowest BCUT2D eigenvalue weighted by molar-refractivity contribution is 0.102. The standard InChI is InChI=1S/C7H4BrCl2NO/c8-2-6(12)5-1-4(9)3-11-7(5)10/h1,3H,2H2. The summed E-state index contributed by atoms with van der Waals surface area (Å²) in [6.07, 6.45) is 1.40. The number of carbonyl (C=O) groups excluding carboxylic acids is 1. The minimum atomic E-state index is -0.130. The average Bonchev–Trinajstić information content (AvgIpc) is 2.08. The monoisotopic (exact) mass is 267 g/mol. The third-order valence-corrected chi connectivity index (χ3v) is 2.24. The molecule has 0 saturated carbocycles. The van der Waals surface area contributed by atoms with Crippen LogP contribution in [0.3, 0.4) is 0 Å². The summed E-state index contributed by atoms with van der Waals surface area (Å²) in [6.45, 7) is 0. The maximum absolute atomic E-state index is 11.2. The molecule has 0 N–H and O–H groups in total. The Bertz CT molecular complexity index is 316. The molecular formula is C7H4BrCl2NO. The van der Waals surface area contributed by atoms with Gasteiger partial charge in [-0.1, -0.05) is 39.1 Å². The molecule has 1 aromatic rings. The molecule has 0 amide bonds. The second kappa shape index (κ2) is 4.21. The van der Waals surface area contributed by atoms with Crippen LogP contribution in [-0.4, -0.2) is 16.1 Å². The normalized spacial score (nSPS) is 9.92. The van der Waals surface area contributed by atoms with Crippen LogP contribution in [0.2, 0.25) is 10.2 Å². The van der Waals surface area contributed by atoms with E-state index < -0.39 is 0 Å². The van der Waals surface area contributed by atoms with Crippen molar-refractivity contribution in [3.05, 3.63) is 28.0 Å².